The van der Waals surface area contributed by atoms with Crippen LogP contribution in [0.4, 0.5) is 5.69 Å². The van der Waals surface area contributed by atoms with E-state index in [4.69, 9.17) is 4.74 Å². The van der Waals surface area contributed by atoms with Crippen molar-refractivity contribution < 1.29 is 14.3 Å². The molecule has 0 aliphatic carbocycles. The van der Waals surface area contributed by atoms with Crippen LogP contribution < -0.4 is 4.90 Å². The van der Waals surface area contributed by atoms with Crippen LogP contribution in [0.15, 0.2) is 24.3 Å². The highest BCUT2D eigenvalue weighted by Gasteiger charge is 2.31. The first-order valence-corrected chi connectivity index (χ1v) is 7.26. The molecule has 5 nitrogen and oxygen atoms in total. The van der Waals surface area contributed by atoms with Gasteiger partial charge in [0.25, 0.3) is 5.91 Å². The number of amides is 2. The summed E-state index contributed by atoms with van der Waals surface area (Å²) >= 11 is 0. The largest absolute Gasteiger partial charge is 0.372 e. The van der Waals surface area contributed by atoms with Crippen molar-refractivity contribution in [1.29, 1.82) is 0 Å². The molecule has 0 aromatic heterocycles. The number of para-hydroxylation sites is 1. The smallest absolute Gasteiger partial charge is 0.252 e. The van der Waals surface area contributed by atoms with Crippen LogP contribution in [0.3, 0.4) is 0 Å². The molecule has 1 aromatic carbocycles. The highest BCUT2D eigenvalue weighted by atomic mass is 16.5. The maximum Gasteiger partial charge on any atom is 0.252 e. The number of methoxy groups -OCH3 is 1. The lowest BCUT2D eigenvalue weighted by molar-refractivity contribution is -0.145. The van der Waals surface area contributed by atoms with Crippen LogP contribution in [0.5, 0.6) is 0 Å². The van der Waals surface area contributed by atoms with Gasteiger partial charge in [-0.15, -0.1) is 0 Å². The third kappa shape index (κ3) is 3.24. The van der Waals surface area contributed by atoms with Gasteiger partial charge in [0, 0.05) is 25.9 Å². The Morgan fingerprint density at radius 1 is 1.33 bits per heavy atom. The van der Waals surface area contributed by atoms with Gasteiger partial charge in [-0.2, -0.15) is 0 Å². The van der Waals surface area contributed by atoms with Gasteiger partial charge in [0.15, 0.2) is 0 Å². The molecule has 1 heterocycles. The maximum absolute atomic E-state index is 12.4. The lowest BCUT2D eigenvalue weighted by atomic mass is 10.1. The molecule has 1 saturated heterocycles. The Balaban J connectivity index is 2.08. The zero-order valence-electron chi connectivity index (χ0n) is 12.8. The number of nitrogens with zero attached hydrogens (tertiary/aromatic N) is 2. The molecular weight excluding hydrogens is 268 g/mol. The quantitative estimate of drug-likeness (QED) is 0.846. The van der Waals surface area contributed by atoms with Crippen molar-refractivity contribution in [3.05, 3.63) is 29.8 Å². The number of piperazine rings is 1. The van der Waals surface area contributed by atoms with E-state index in [1.807, 2.05) is 38.1 Å². The Morgan fingerprint density at radius 3 is 2.62 bits per heavy atom. The Labute approximate surface area is 125 Å². The SMILES string of the molecule is CC[C@@H](OC)C(=O)N1CCN(c2ccccc2C)C(=O)C1. The van der Waals surface area contributed by atoms with Gasteiger partial charge >= 0.3 is 0 Å². The van der Waals surface area contributed by atoms with E-state index < -0.39 is 6.10 Å². The summed E-state index contributed by atoms with van der Waals surface area (Å²) in [5.74, 6) is -0.146. The Kier molecular flexibility index (Phi) is 4.96. The summed E-state index contributed by atoms with van der Waals surface area (Å²) < 4.78 is 5.16. The van der Waals surface area contributed by atoms with Gasteiger partial charge in [-0.3, -0.25) is 9.59 Å². The fraction of sp³-hybridized carbons (Fsp3) is 0.500. The van der Waals surface area contributed by atoms with Crippen LogP contribution in [0.2, 0.25) is 0 Å². The first-order valence-electron chi connectivity index (χ1n) is 7.26. The van der Waals surface area contributed by atoms with Crippen LogP contribution in [-0.2, 0) is 14.3 Å². The Bertz CT molecular complexity index is 526. The van der Waals surface area contributed by atoms with Crippen molar-refractivity contribution in [2.24, 2.45) is 0 Å². The summed E-state index contributed by atoms with van der Waals surface area (Å²) in [5.41, 5.74) is 1.99. The van der Waals surface area contributed by atoms with E-state index in [-0.39, 0.29) is 18.4 Å². The lowest BCUT2D eigenvalue weighted by Gasteiger charge is -2.36. The third-order valence-electron chi connectivity index (χ3n) is 3.87. The van der Waals surface area contributed by atoms with Gasteiger partial charge in [0.05, 0.1) is 0 Å². The van der Waals surface area contributed by atoms with Crippen molar-refractivity contribution in [3.63, 3.8) is 0 Å². The molecule has 1 aliphatic rings. The van der Waals surface area contributed by atoms with Crippen LogP contribution in [0, 0.1) is 6.92 Å². The van der Waals surface area contributed by atoms with E-state index >= 15 is 0 Å². The van der Waals surface area contributed by atoms with Gasteiger partial charge in [0.1, 0.15) is 12.6 Å². The molecule has 2 rings (SSSR count). The van der Waals surface area contributed by atoms with E-state index in [1.165, 1.54) is 7.11 Å². The number of hydrogen-bond acceptors (Lipinski definition) is 3. The first kappa shape index (κ1) is 15.5. The summed E-state index contributed by atoms with van der Waals surface area (Å²) in [4.78, 5) is 27.9. The average molecular weight is 290 g/mol. The van der Waals surface area contributed by atoms with Crippen molar-refractivity contribution in [3.8, 4) is 0 Å². The summed E-state index contributed by atoms with van der Waals surface area (Å²) in [6.07, 6.45) is 0.157. The zero-order valence-corrected chi connectivity index (χ0v) is 12.8. The number of anilines is 1. The summed E-state index contributed by atoms with van der Waals surface area (Å²) in [5, 5.41) is 0. The number of rotatable bonds is 4. The number of carbonyl (C=O) groups excluding carboxylic acids is 2. The number of hydrogen-bond donors (Lipinski definition) is 0. The minimum atomic E-state index is -0.456. The van der Waals surface area contributed by atoms with Gasteiger partial charge in [0.2, 0.25) is 5.91 Å². The molecule has 1 atom stereocenters. The second kappa shape index (κ2) is 6.72. The predicted octanol–water partition coefficient (Wildman–Crippen LogP) is 1.60. The van der Waals surface area contributed by atoms with Crippen LogP contribution in [0.1, 0.15) is 18.9 Å². The van der Waals surface area contributed by atoms with E-state index in [1.54, 1.807) is 9.80 Å². The topological polar surface area (TPSA) is 49.9 Å². The van der Waals surface area contributed by atoms with Crippen molar-refractivity contribution in [2.75, 3.05) is 31.6 Å². The number of carbonyl (C=O) groups is 2. The summed E-state index contributed by atoms with van der Waals surface area (Å²) in [6.45, 7) is 5.07. The molecule has 0 radical (unpaired) electrons. The minimum Gasteiger partial charge on any atom is -0.372 e. The molecule has 2 amide bonds. The lowest BCUT2D eigenvalue weighted by Crippen LogP contribution is -2.54. The van der Waals surface area contributed by atoms with Gasteiger partial charge < -0.3 is 14.5 Å². The molecule has 1 fully saturated rings. The number of ether oxygens (including phenoxy) is 1. The van der Waals surface area contributed by atoms with E-state index in [0.29, 0.717) is 19.5 Å². The molecule has 0 saturated carbocycles. The number of benzene rings is 1. The molecule has 1 aliphatic heterocycles. The van der Waals surface area contributed by atoms with E-state index in [2.05, 4.69) is 0 Å². The van der Waals surface area contributed by atoms with Gasteiger partial charge in [-0.1, -0.05) is 25.1 Å². The predicted molar refractivity (Wildman–Crippen MR) is 81.2 cm³/mol. The third-order valence-corrected chi connectivity index (χ3v) is 3.87. The molecule has 0 unspecified atom stereocenters. The highest BCUT2D eigenvalue weighted by Crippen LogP contribution is 2.22. The second-order valence-electron chi connectivity index (χ2n) is 5.22. The van der Waals surface area contributed by atoms with E-state index in [0.717, 1.165) is 11.3 Å². The number of aryl methyl sites for hydroxylation is 1. The van der Waals surface area contributed by atoms with Crippen molar-refractivity contribution in [1.82, 2.24) is 4.90 Å². The molecule has 114 valence electrons. The minimum absolute atomic E-state index is 0.0464. The molecule has 21 heavy (non-hydrogen) atoms. The fourth-order valence-corrected chi connectivity index (χ4v) is 2.63. The monoisotopic (exact) mass is 290 g/mol. The van der Waals surface area contributed by atoms with Gasteiger partial charge in [-0.25, -0.2) is 0 Å². The standard InChI is InChI=1S/C16H22N2O3/c1-4-14(21-3)16(20)17-9-10-18(15(19)11-17)13-8-6-5-7-12(13)2/h5-8,14H,4,9-11H2,1-3H3/t14-/m1/s1. The molecular formula is C16H22N2O3. The van der Waals surface area contributed by atoms with E-state index in [9.17, 15) is 9.59 Å². The highest BCUT2D eigenvalue weighted by molar-refractivity contribution is 5.98. The van der Waals surface area contributed by atoms with Crippen molar-refractivity contribution >= 4 is 17.5 Å². The second-order valence-corrected chi connectivity index (χ2v) is 5.22. The fourth-order valence-electron chi connectivity index (χ4n) is 2.63. The van der Waals surface area contributed by atoms with Crippen molar-refractivity contribution in [2.45, 2.75) is 26.4 Å². The van der Waals surface area contributed by atoms with Gasteiger partial charge in [-0.05, 0) is 25.0 Å². The summed E-state index contributed by atoms with van der Waals surface area (Å²) in [7, 11) is 1.53. The zero-order chi connectivity index (χ0) is 15.4. The Morgan fingerprint density at radius 2 is 2.05 bits per heavy atom. The average Bonchev–Trinajstić information content (AvgIpc) is 2.49. The molecule has 5 heteroatoms. The molecule has 1 aromatic rings. The molecule has 0 N–H and O–H groups in total. The molecule has 0 spiro atoms. The summed E-state index contributed by atoms with van der Waals surface area (Å²) in [6, 6.07) is 7.80. The maximum atomic E-state index is 12.4. The molecule has 0 bridgehead atoms. The first-order chi connectivity index (χ1) is 10.1. The Hall–Kier alpha value is -1.88. The van der Waals surface area contributed by atoms with Crippen LogP contribution in [0.25, 0.3) is 0 Å². The van der Waals surface area contributed by atoms with Crippen LogP contribution in [-0.4, -0.2) is 49.6 Å². The van der Waals surface area contributed by atoms with Crippen LogP contribution >= 0.6 is 0 Å². The normalized spacial score (nSPS) is 17.0.